The Hall–Kier alpha value is -0.810. The van der Waals surface area contributed by atoms with Gasteiger partial charge in [0.05, 0.1) is 6.10 Å². The number of nitrogens with zero attached hydrogens (tertiary/aromatic N) is 2. The molecule has 20 heavy (non-hydrogen) atoms. The molecule has 1 fully saturated rings. The molecule has 0 aromatic rings. The normalized spacial score (nSPS) is 25.2. The van der Waals surface area contributed by atoms with Gasteiger partial charge in [0.2, 0.25) is 0 Å². The molecule has 0 saturated carbocycles. The van der Waals surface area contributed by atoms with Gasteiger partial charge < -0.3 is 20.2 Å². The largest absolute Gasteiger partial charge is 0.392 e. The highest BCUT2D eigenvalue weighted by Gasteiger charge is 2.21. The fourth-order valence-corrected chi connectivity index (χ4v) is 3.09. The zero-order valence-electron chi connectivity index (χ0n) is 13.4. The molecule has 2 amide bonds. The van der Waals surface area contributed by atoms with E-state index in [1.54, 1.807) is 14.0 Å². The Morgan fingerprint density at radius 3 is 2.55 bits per heavy atom. The van der Waals surface area contributed by atoms with Gasteiger partial charge in [-0.1, -0.05) is 13.8 Å². The molecule has 1 aliphatic heterocycles. The Balaban J connectivity index is 2.13. The third-order valence-electron chi connectivity index (χ3n) is 3.76. The summed E-state index contributed by atoms with van der Waals surface area (Å²) in [5.74, 6) is 1.57. The summed E-state index contributed by atoms with van der Waals surface area (Å²) in [6.07, 6.45) is 1.83. The van der Waals surface area contributed by atoms with Crippen molar-refractivity contribution in [3.8, 4) is 0 Å². The maximum absolute atomic E-state index is 11.7. The van der Waals surface area contributed by atoms with E-state index in [0.717, 1.165) is 24.8 Å². The lowest BCUT2D eigenvalue weighted by atomic mass is 9.92. The molecule has 5 nitrogen and oxygen atoms in total. The maximum Gasteiger partial charge on any atom is 0.317 e. The zero-order valence-corrected chi connectivity index (χ0v) is 13.4. The molecule has 3 unspecified atom stereocenters. The van der Waals surface area contributed by atoms with Gasteiger partial charge in [-0.15, -0.1) is 0 Å². The minimum Gasteiger partial charge on any atom is -0.392 e. The van der Waals surface area contributed by atoms with E-state index in [4.69, 9.17) is 0 Å². The molecule has 0 bridgehead atoms. The average Bonchev–Trinajstić information content (AvgIpc) is 2.32. The Labute approximate surface area is 123 Å². The minimum atomic E-state index is -0.484. The molecule has 118 valence electrons. The molecule has 1 heterocycles. The van der Waals surface area contributed by atoms with Crippen molar-refractivity contribution in [1.82, 2.24) is 15.1 Å². The molecule has 0 aliphatic carbocycles. The lowest BCUT2D eigenvalue weighted by Gasteiger charge is -2.35. The SMILES string of the molecule is CC(O)CN(C)C(=O)NCCCN1CC(C)CC(C)C1. The summed E-state index contributed by atoms with van der Waals surface area (Å²) >= 11 is 0. The highest BCUT2D eigenvalue weighted by atomic mass is 16.3. The Morgan fingerprint density at radius 1 is 1.40 bits per heavy atom. The van der Waals surface area contributed by atoms with Crippen LogP contribution in [-0.2, 0) is 0 Å². The number of carbonyl (C=O) groups excluding carboxylic acids is 1. The Bertz CT molecular complexity index is 287. The molecule has 0 aromatic carbocycles. The van der Waals surface area contributed by atoms with Gasteiger partial charge in [0.25, 0.3) is 0 Å². The van der Waals surface area contributed by atoms with Crippen LogP contribution in [0.5, 0.6) is 0 Å². The van der Waals surface area contributed by atoms with Crippen LogP contribution in [0, 0.1) is 11.8 Å². The summed E-state index contributed by atoms with van der Waals surface area (Å²) in [7, 11) is 1.70. The number of piperidine rings is 1. The van der Waals surface area contributed by atoms with Crippen molar-refractivity contribution in [2.24, 2.45) is 11.8 Å². The van der Waals surface area contributed by atoms with Crippen LogP contribution in [0.4, 0.5) is 4.79 Å². The van der Waals surface area contributed by atoms with Gasteiger partial charge in [-0.25, -0.2) is 4.79 Å². The molecule has 0 spiro atoms. The van der Waals surface area contributed by atoms with Gasteiger partial charge in [-0.3, -0.25) is 0 Å². The van der Waals surface area contributed by atoms with Crippen molar-refractivity contribution in [1.29, 1.82) is 0 Å². The van der Waals surface area contributed by atoms with Crippen LogP contribution >= 0.6 is 0 Å². The number of amides is 2. The van der Waals surface area contributed by atoms with Crippen molar-refractivity contribution in [3.63, 3.8) is 0 Å². The summed E-state index contributed by atoms with van der Waals surface area (Å²) < 4.78 is 0. The quantitative estimate of drug-likeness (QED) is 0.725. The van der Waals surface area contributed by atoms with Crippen molar-refractivity contribution in [2.45, 2.75) is 39.7 Å². The molecule has 1 rings (SSSR count). The third-order valence-corrected chi connectivity index (χ3v) is 3.76. The number of aliphatic hydroxyl groups excluding tert-OH is 1. The van der Waals surface area contributed by atoms with Crippen LogP contribution in [0.25, 0.3) is 0 Å². The lowest BCUT2D eigenvalue weighted by molar-refractivity contribution is 0.136. The molecule has 5 heteroatoms. The zero-order chi connectivity index (χ0) is 15.1. The first-order valence-electron chi connectivity index (χ1n) is 7.77. The molecular formula is C15H31N3O2. The van der Waals surface area contributed by atoms with Crippen molar-refractivity contribution >= 4 is 6.03 Å². The first-order valence-corrected chi connectivity index (χ1v) is 7.77. The number of hydrogen-bond acceptors (Lipinski definition) is 3. The van der Waals surface area contributed by atoms with E-state index >= 15 is 0 Å². The van der Waals surface area contributed by atoms with Crippen LogP contribution in [0.1, 0.15) is 33.6 Å². The molecule has 0 radical (unpaired) electrons. The number of rotatable bonds is 6. The highest BCUT2D eigenvalue weighted by Crippen LogP contribution is 2.20. The summed E-state index contributed by atoms with van der Waals surface area (Å²) in [5, 5.41) is 12.1. The number of likely N-dealkylation sites (N-methyl/N-ethyl adjacent to an activating group) is 1. The second-order valence-corrected chi connectivity index (χ2v) is 6.52. The predicted octanol–water partition coefficient (Wildman–Crippen LogP) is 1.38. The third kappa shape index (κ3) is 6.57. The Morgan fingerprint density at radius 2 is 2.00 bits per heavy atom. The number of aliphatic hydroxyl groups is 1. The van der Waals surface area contributed by atoms with E-state index in [1.807, 2.05) is 0 Å². The van der Waals surface area contributed by atoms with E-state index in [-0.39, 0.29) is 6.03 Å². The van der Waals surface area contributed by atoms with Gasteiger partial charge in [-0.05, 0) is 38.1 Å². The second kappa shape index (κ2) is 8.47. The topological polar surface area (TPSA) is 55.8 Å². The fourth-order valence-electron chi connectivity index (χ4n) is 3.09. The summed E-state index contributed by atoms with van der Waals surface area (Å²) in [4.78, 5) is 15.8. The number of likely N-dealkylation sites (tertiary alicyclic amines) is 1. The molecule has 2 N–H and O–H groups in total. The summed E-state index contributed by atoms with van der Waals surface area (Å²) in [6, 6.07) is -0.105. The van der Waals surface area contributed by atoms with E-state index in [9.17, 15) is 9.90 Å². The van der Waals surface area contributed by atoms with Gasteiger partial charge in [-0.2, -0.15) is 0 Å². The van der Waals surface area contributed by atoms with Gasteiger partial charge in [0.15, 0.2) is 0 Å². The summed E-state index contributed by atoms with van der Waals surface area (Å²) in [5.41, 5.74) is 0. The fraction of sp³-hybridized carbons (Fsp3) is 0.933. The number of carbonyl (C=O) groups is 1. The molecular weight excluding hydrogens is 254 g/mol. The first kappa shape index (κ1) is 17.2. The Kier molecular flexibility index (Phi) is 7.30. The smallest absolute Gasteiger partial charge is 0.317 e. The van der Waals surface area contributed by atoms with E-state index in [1.165, 1.54) is 24.4 Å². The van der Waals surface area contributed by atoms with Crippen LogP contribution in [0.15, 0.2) is 0 Å². The molecule has 0 aromatic heterocycles. The second-order valence-electron chi connectivity index (χ2n) is 6.52. The molecule has 1 aliphatic rings. The lowest BCUT2D eigenvalue weighted by Crippen LogP contribution is -2.43. The van der Waals surface area contributed by atoms with Crippen molar-refractivity contribution in [2.75, 3.05) is 39.8 Å². The minimum absolute atomic E-state index is 0.105. The standard InChI is InChI=1S/C15H31N3O2/c1-12-8-13(2)10-18(9-12)7-5-6-16-15(20)17(4)11-14(3)19/h12-14,19H,5-11H2,1-4H3,(H,16,20). The van der Waals surface area contributed by atoms with Gasteiger partial charge in [0, 0.05) is 33.2 Å². The van der Waals surface area contributed by atoms with E-state index in [0.29, 0.717) is 13.1 Å². The van der Waals surface area contributed by atoms with Crippen LogP contribution in [0.2, 0.25) is 0 Å². The summed E-state index contributed by atoms with van der Waals surface area (Å²) in [6.45, 7) is 10.8. The van der Waals surface area contributed by atoms with Gasteiger partial charge in [0.1, 0.15) is 0 Å². The van der Waals surface area contributed by atoms with E-state index < -0.39 is 6.10 Å². The average molecular weight is 285 g/mol. The number of hydrogen-bond donors (Lipinski definition) is 2. The van der Waals surface area contributed by atoms with Crippen LogP contribution in [-0.4, -0.2) is 66.8 Å². The maximum atomic E-state index is 11.7. The monoisotopic (exact) mass is 285 g/mol. The van der Waals surface area contributed by atoms with E-state index in [2.05, 4.69) is 24.1 Å². The number of nitrogens with one attached hydrogen (secondary N) is 1. The van der Waals surface area contributed by atoms with Crippen molar-refractivity contribution < 1.29 is 9.90 Å². The van der Waals surface area contributed by atoms with Crippen LogP contribution < -0.4 is 5.32 Å². The molecule has 1 saturated heterocycles. The highest BCUT2D eigenvalue weighted by molar-refractivity contribution is 5.73. The first-order chi connectivity index (χ1) is 9.38. The van der Waals surface area contributed by atoms with Crippen molar-refractivity contribution in [3.05, 3.63) is 0 Å². The number of urea groups is 1. The van der Waals surface area contributed by atoms with Crippen LogP contribution in [0.3, 0.4) is 0 Å². The predicted molar refractivity (Wildman–Crippen MR) is 81.7 cm³/mol. The van der Waals surface area contributed by atoms with Gasteiger partial charge >= 0.3 is 6.03 Å². The molecule has 3 atom stereocenters.